The van der Waals surface area contributed by atoms with Crippen molar-refractivity contribution in [3.05, 3.63) is 101 Å². The molecule has 0 spiro atoms. The van der Waals surface area contributed by atoms with Crippen molar-refractivity contribution in [3.63, 3.8) is 0 Å². The van der Waals surface area contributed by atoms with Crippen LogP contribution < -0.4 is 10.2 Å². The zero-order valence-electron chi connectivity index (χ0n) is 19.9. The Balaban J connectivity index is 1.33. The lowest BCUT2D eigenvalue weighted by atomic mass is 10.1. The Morgan fingerprint density at radius 3 is 2.49 bits per heavy atom. The highest BCUT2D eigenvalue weighted by Crippen LogP contribution is 2.38. The van der Waals surface area contributed by atoms with Crippen molar-refractivity contribution in [2.45, 2.75) is 31.7 Å². The Morgan fingerprint density at radius 1 is 1.09 bits per heavy atom. The minimum atomic E-state index is -0.288. The lowest BCUT2D eigenvalue weighted by Gasteiger charge is -2.24. The summed E-state index contributed by atoms with van der Waals surface area (Å²) < 4.78 is 5.63. The molecule has 3 aromatic carbocycles. The third-order valence-electron chi connectivity index (χ3n) is 5.54. The number of nitrogens with one attached hydrogen (secondary N) is 1. The smallest absolute Gasteiger partial charge is 0.271 e. The van der Waals surface area contributed by atoms with Crippen LogP contribution in [0.1, 0.15) is 46.3 Å². The standard InChI is InChI=1S/C28H29N3O3S/c1-20(2)34-25-14-8-22(9-15-25)18-29-30-27(33)23-10-12-24(13-11-23)28-31(26(32)19-35-28)17-16-21-6-4-3-5-7-21/h3-15,18,20,28H,16-17,19H2,1-2H3,(H,30,33)/b29-18-/t28-/m0/s1. The van der Waals surface area contributed by atoms with Gasteiger partial charge in [-0.1, -0.05) is 42.5 Å². The number of carbonyl (C=O) groups is 2. The van der Waals surface area contributed by atoms with Crippen LogP contribution in [0.2, 0.25) is 0 Å². The molecule has 1 aliphatic rings. The Kier molecular flexibility index (Phi) is 8.21. The van der Waals surface area contributed by atoms with Crippen molar-refractivity contribution in [1.29, 1.82) is 0 Å². The second-order valence-electron chi connectivity index (χ2n) is 8.54. The van der Waals surface area contributed by atoms with E-state index < -0.39 is 0 Å². The van der Waals surface area contributed by atoms with Crippen LogP contribution in [0.25, 0.3) is 0 Å². The van der Waals surface area contributed by atoms with Gasteiger partial charge in [-0.15, -0.1) is 11.8 Å². The van der Waals surface area contributed by atoms with Gasteiger partial charge in [0.05, 0.1) is 18.1 Å². The SMILES string of the molecule is CC(C)Oc1ccc(/C=N\NC(=O)c2ccc([C@@H]3SCC(=O)N3CCc3ccccc3)cc2)cc1. The topological polar surface area (TPSA) is 71.0 Å². The second kappa shape index (κ2) is 11.7. The minimum absolute atomic E-state index is 0.0380. The molecule has 6 nitrogen and oxygen atoms in total. The Labute approximate surface area is 210 Å². The van der Waals surface area contributed by atoms with Crippen LogP contribution in [-0.2, 0) is 11.2 Å². The fourth-order valence-electron chi connectivity index (χ4n) is 3.80. The fraction of sp³-hybridized carbons (Fsp3) is 0.250. The molecule has 2 amide bonds. The fourth-order valence-corrected chi connectivity index (χ4v) is 5.02. The maximum absolute atomic E-state index is 12.5. The van der Waals surface area contributed by atoms with E-state index in [0.29, 0.717) is 17.9 Å². The summed E-state index contributed by atoms with van der Waals surface area (Å²) in [5.41, 5.74) is 6.16. The molecule has 1 fully saturated rings. The van der Waals surface area contributed by atoms with Crippen molar-refractivity contribution in [2.24, 2.45) is 5.10 Å². The van der Waals surface area contributed by atoms with Crippen molar-refractivity contribution >= 4 is 29.8 Å². The maximum atomic E-state index is 12.5. The van der Waals surface area contributed by atoms with Gasteiger partial charge >= 0.3 is 0 Å². The highest BCUT2D eigenvalue weighted by atomic mass is 32.2. The highest BCUT2D eigenvalue weighted by Gasteiger charge is 2.32. The monoisotopic (exact) mass is 487 g/mol. The average Bonchev–Trinajstić information content (AvgIpc) is 3.24. The van der Waals surface area contributed by atoms with Gasteiger partial charge in [-0.05, 0) is 73.4 Å². The summed E-state index contributed by atoms with van der Waals surface area (Å²) in [6.07, 6.45) is 2.53. The molecular formula is C28H29N3O3S. The van der Waals surface area contributed by atoms with Gasteiger partial charge in [-0.3, -0.25) is 9.59 Å². The predicted molar refractivity (Wildman–Crippen MR) is 141 cm³/mol. The molecule has 3 aromatic rings. The normalized spacial score (nSPS) is 15.7. The van der Waals surface area contributed by atoms with Crippen LogP contribution in [0, 0.1) is 0 Å². The lowest BCUT2D eigenvalue weighted by Crippen LogP contribution is -2.30. The Morgan fingerprint density at radius 2 is 1.80 bits per heavy atom. The van der Waals surface area contributed by atoms with E-state index in [1.807, 2.05) is 73.3 Å². The summed E-state index contributed by atoms with van der Waals surface area (Å²) in [6.45, 7) is 4.62. The third-order valence-corrected chi connectivity index (χ3v) is 6.80. The summed E-state index contributed by atoms with van der Waals surface area (Å²) >= 11 is 1.62. The number of amides is 2. The molecular weight excluding hydrogens is 458 g/mol. The van der Waals surface area contributed by atoms with Crippen LogP contribution in [-0.4, -0.2) is 41.3 Å². The summed E-state index contributed by atoms with van der Waals surface area (Å²) in [6, 6.07) is 25.1. The first-order valence-corrected chi connectivity index (χ1v) is 12.7. The molecule has 1 aliphatic heterocycles. The van der Waals surface area contributed by atoms with Gasteiger partial charge in [-0.2, -0.15) is 5.10 Å². The average molecular weight is 488 g/mol. The van der Waals surface area contributed by atoms with E-state index in [1.54, 1.807) is 30.1 Å². The summed E-state index contributed by atoms with van der Waals surface area (Å²) in [5.74, 6) is 1.13. The minimum Gasteiger partial charge on any atom is -0.491 e. The van der Waals surface area contributed by atoms with Crippen LogP contribution in [0.15, 0.2) is 84.0 Å². The Hall–Kier alpha value is -3.58. The van der Waals surface area contributed by atoms with Gasteiger partial charge in [-0.25, -0.2) is 5.43 Å². The lowest BCUT2D eigenvalue weighted by molar-refractivity contribution is -0.128. The van der Waals surface area contributed by atoms with Crippen molar-refractivity contribution in [3.8, 4) is 5.75 Å². The first kappa shape index (κ1) is 24.5. The molecule has 180 valence electrons. The molecule has 0 unspecified atom stereocenters. The van der Waals surface area contributed by atoms with Crippen molar-refractivity contribution in [1.82, 2.24) is 10.3 Å². The molecule has 0 saturated carbocycles. The molecule has 1 heterocycles. The number of thioether (sulfide) groups is 1. The van der Waals surface area contributed by atoms with Gasteiger partial charge < -0.3 is 9.64 Å². The molecule has 0 aliphatic carbocycles. The van der Waals surface area contributed by atoms with E-state index in [-0.39, 0.29) is 23.3 Å². The first-order chi connectivity index (χ1) is 17.0. The zero-order chi connectivity index (χ0) is 24.6. The number of nitrogens with zero attached hydrogens (tertiary/aromatic N) is 2. The number of hydrogen-bond donors (Lipinski definition) is 1. The van der Waals surface area contributed by atoms with Crippen LogP contribution >= 0.6 is 11.8 Å². The molecule has 1 atom stereocenters. The van der Waals surface area contributed by atoms with Crippen LogP contribution in [0.4, 0.5) is 0 Å². The van der Waals surface area contributed by atoms with E-state index in [2.05, 4.69) is 22.7 Å². The number of benzene rings is 3. The maximum Gasteiger partial charge on any atom is 0.271 e. The molecule has 0 aromatic heterocycles. The van der Waals surface area contributed by atoms with E-state index >= 15 is 0 Å². The van der Waals surface area contributed by atoms with Gasteiger partial charge in [0.1, 0.15) is 11.1 Å². The predicted octanol–water partition coefficient (Wildman–Crippen LogP) is 5.05. The molecule has 35 heavy (non-hydrogen) atoms. The van der Waals surface area contributed by atoms with E-state index in [4.69, 9.17) is 4.74 Å². The second-order valence-corrected chi connectivity index (χ2v) is 9.61. The first-order valence-electron chi connectivity index (χ1n) is 11.6. The van der Waals surface area contributed by atoms with Gasteiger partial charge in [0, 0.05) is 12.1 Å². The zero-order valence-corrected chi connectivity index (χ0v) is 20.7. The van der Waals surface area contributed by atoms with Crippen LogP contribution in [0.5, 0.6) is 5.75 Å². The molecule has 1 saturated heterocycles. The van der Waals surface area contributed by atoms with Gasteiger partial charge in [0.25, 0.3) is 5.91 Å². The molecule has 1 N–H and O–H groups in total. The quantitative estimate of drug-likeness (QED) is 0.339. The number of hydrazone groups is 1. The van der Waals surface area contributed by atoms with Gasteiger partial charge in [0.15, 0.2) is 0 Å². The van der Waals surface area contributed by atoms with E-state index in [0.717, 1.165) is 23.3 Å². The largest absolute Gasteiger partial charge is 0.491 e. The molecule has 4 rings (SSSR count). The molecule has 7 heteroatoms. The summed E-state index contributed by atoms with van der Waals surface area (Å²) in [5, 5.41) is 4.02. The number of ether oxygens (including phenoxy) is 1. The van der Waals surface area contributed by atoms with E-state index in [1.165, 1.54) is 5.56 Å². The van der Waals surface area contributed by atoms with Crippen LogP contribution in [0.3, 0.4) is 0 Å². The third kappa shape index (κ3) is 6.73. The summed E-state index contributed by atoms with van der Waals surface area (Å²) in [7, 11) is 0. The number of rotatable bonds is 9. The van der Waals surface area contributed by atoms with Gasteiger partial charge in [0.2, 0.25) is 5.91 Å². The molecule has 0 radical (unpaired) electrons. The Bertz CT molecular complexity index is 1160. The van der Waals surface area contributed by atoms with E-state index in [9.17, 15) is 9.59 Å². The van der Waals surface area contributed by atoms with Crippen molar-refractivity contribution in [2.75, 3.05) is 12.3 Å². The van der Waals surface area contributed by atoms with Crippen molar-refractivity contribution < 1.29 is 14.3 Å². The highest BCUT2D eigenvalue weighted by molar-refractivity contribution is 8.00. The summed E-state index contributed by atoms with van der Waals surface area (Å²) in [4.78, 5) is 26.9. The number of carbonyl (C=O) groups excluding carboxylic acids is 2. The number of hydrogen-bond acceptors (Lipinski definition) is 5. The molecule has 0 bridgehead atoms.